The summed E-state index contributed by atoms with van der Waals surface area (Å²) in [5.41, 5.74) is 0. The highest BCUT2D eigenvalue weighted by atomic mass is 31.2. The van der Waals surface area contributed by atoms with Crippen molar-refractivity contribution in [3.63, 3.8) is 0 Å². The second kappa shape index (κ2) is 3.79. The quantitative estimate of drug-likeness (QED) is 0.699. The molecule has 84 valence electrons. The van der Waals surface area contributed by atoms with Gasteiger partial charge in [0.05, 0.1) is 0 Å². The molecule has 0 saturated carbocycles. The molecule has 2 aromatic rings. The molecule has 0 aliphatic heterocycles. The highest BCUT2D eigenvalue weighted by Crippen LogP contribution is 2.41. The van der Waals surface area contributed by atoms with Crippen molar-refractivity contribution in [3.05, 3.63) is 36.4 Å². The van der Waals surface area contributed by atoms with E-state index in [-0.39, 0.29) is 11.5 Å². The van der Waals surface area contributed by atoms with Crippen molar-refractivity contribution in [2.75, 3.05) is 0 Å². The molecule has 5 nitrogen and oxygen atoms in total. The maximum Gasteiger partial charge on any atom is 0.524 e. The van der Waals surface area contributed by atoms with E-state index in [9.17, 15) is 9.67 Å². The van der Waals surface area contributed by atoms with Crippen LogP contribution in [-0.2, 0) is 4.57 Å². The van der Waals surface area contributed by atoms with Gasteiger partial charge in [0.2, 0.25) is 0 Å². The van der Waals surface area contributed by atoms with Crippen molar-refractivity contribution in [1.29, 1.82) is 0 Å². The topological polar surface area (TPSA) is 87.0 Å². The predicted octanol–water partition coefficient (Wildman–Crippen LogP) is 2.02. The van der Waals surface area contributed by atoms with E-state index in [1.54, 1.807) is 24.3 Å². The fourth-order valence-electron chi connectivity index (χ4n) is 1.47. The van der Waals surface area contributed by atoms with Crippen LogP contribution in [0, 0.1) is 0 Å². The lowest BCUT2D eigenvalue weighted by Gasteiger charge is -2.09. The minimum absolute atomic E-state index is 0.0358. The van der Waals surface area contributed by atoms with Crippen LogP contribution in [0.25, 0.3) is 10.8 Å². The van der Waals surface area contributed by atoms with Crippen LogP contribution in [-0.4, -0.2) is 14.9 Å². The van der Waals surface area contributed by atoms with E-state index >= 15 is 0 Å². The van der Waals surface area contributed by atoms with Gasteiger partial charge in [0.1, 0.15) is 11.5 Å². The molecule has 0 bridgehead atoms. The Kier molecular flexibility index (Phi) is 2.59. The summed E-state index contributed by atoms with van der Waals surface area (Å²) in [6.07, 6.45) is 0. The molecule has 2 aromatic carbocycles. The average molecular weight is 240 g/mol. The number of benzene rings is 2. The lowest BCUT2D eigenvalue weighted by Crippen LogP contribution is -1.90. The Bertz CT molecular complexity index is 574. The maximum absolute atomic E-state index is 10.7. The van der Waals surface area contributed by atoms with E-state index < -0.39 is 7.82 Å². The summed E-state index contributed by atoms with van der Waals surface area (Å²) < 4.78 is 15.3. The van der Waals surface area contributed by atoms with Gasteiger partial charge in [-0.15, -0.1) is 0 Å². The molecule has 0 radical (unpaired) electrons. The van der Waals surface area contributed by atoms with Crippen molar-refractivity contribution in [2.24, 2.45) is 0 Å². The van der Waals surface area contributed by atoms with E-state index in [2.05, 4.69) is 4.52 Å². The Hall–Kier alpha value is -1.55. The SMILES string of the molecule is O=P(O)(O)Oc1cccc2c(O)cccc12. The summed E-state index contributed by atoms with van der Waals surface area (Å²) in [5, 5.41) is 10.5. The lowest BCUT2D eigenvalue weighted by molar-refractivity contribution is 0.284. The van der Waals surface area contributed by atoms with Crippen molar-refractivity contribution in [3.8, 4) is 11.5 Å². The number of fused-ring (bicyclic) bond motifs is 1. The minimum atomic E-state index is -4.59. The number of hydrogen-bond acceptors (Lipinski definition) is 3. The van der Waals surface area contributed by atoms with Gasteiger partial charge in [-0.1, -0.05) is 24.3 Å². The van der Waals surface area contributed by atoms with Crippen LogP contribution < -0.4 is 4.52 Å². The minimum Gasteiger partial charge on any atom is -0.507 e. The summed E-state index contributed by atoms with van der Waals surface area (Å²) >= 11 is 0. The molecular weight excluding hydrogens is 231 g/mol. The van der Waals surface area contributed by atoms with Crippen LogP contribution in [0.3, 0.4) is 0 Å². The lowest BCUT2D eigenvalue weighted by atomic mass is 10.1. The number of aromatic hydroxyl groups is 1. The zero-order valence-electron chi connectivity index (χ0n) is 8.07. The molecule has 0 spiro atoms. The molecular formula is C10H9O5P. The van der Waals surface area contributed by atoms with Gasteiger partial charge in [0.15, 0.2) is 0 Å². The van der Waals surface area contributed by atoms with Gasteiger partial charge in [-0.25, -0.2) is 4.57 Å². The average Bonchev–Trinajstić information content (AvgIpc) is 2.17. The molecule has 0 heterocycles. The molecule has 0 aliphatic rings. The Balaban J connectivity index is 2.63. The van der Waals surface area contributed by atoms with Gasteiger partial charge >= 0.3 is 7.82 Å². The van der Waals surface area contributed by atoms with Crippen molar-refractivity contribution in [1.82, 2.24) is 0 Å². The highest BCUT2D eigenvalue weighted by Gasteiger charge is 2.17. The van der Waals surface area contributed by atoms with Crippen LogP contribution in [0.4, 0.5) is 0 Å². The molecule has 0 atom stereocenters. The highest BCUT2D eigenvalue weighted by molar-refractivity contribution is 7.46. The van der Waals surface area contributed by atoms with Crippen LogP contribution in [0.15, 0.2) is 36.4 Å². The largest absolute Gasteiger partial charge is 0.524 e. The van der Waals surface area contributed by atoms with E-state index in [4.69, 9.17) is 9.79 Å². The maximum atomic E-state index is 10.7. The second-order valence-electron chi connectivity index (χ2n) is 3.21. The first-order chi connectivity index (χ1) is 7.47. The number of phenolic OH excluding ortho intramolecular Hbond substituents is 1. The van der Waals surface area contributed by atoms with Crippen LogP contribution in [0.5, 0.6) is 11.5 Å². The summed E-state index contributed by atoms with van der Waals surface area (Å²) in [6.45, 7) is 0. The summed E-state index contributed by atoms with van der Waals surface area (Å²) in [5.74, 6) is 0.0791. The Morgan fingerprint density at radius 2 is 1.62 bits per heavy atom. The van der Waals surface area contributed by atoms with Gasteiger partial charge in [-0.2, -0.15) is 0 Å². The number of rotatable bonds is 2. The monoisotopic (exact) mass is 240 g/mol. The molecule has 0 amide bonds. The first-order valence-corrected chi connectivity index (χ1v) is 5.96. The fourth-order valence-corrected chi connectivity index (χ4v) is 1.89. The molecule has 0 unspecified atom stereocenters. The smallest absolute Gasteiger partial charge is 0.507 e. The summed E-state index contributed by atoms with van der Waals surface area (Å²) in [7, 11) is -4.59. The van der Waals surface area contributed by atoms with Crippen molar-refractivity contribution >= 4 is 18.6 Å². The van der Waals surface area contributed by atoms with E-state index in [1.807, 2.05) is 0 Å². The van der Waals surface area contributed by atoms with Gasteiger partial charge in [0.25, 0.3) is 0 Å². The molecule has 6 heteroatoms. The van der Waals surface area contributed by atoms with Crippen LogP contribution in [0.2, 0.25) is 0 Å². The van der Waals surface area contributed by atoms with E-state index in [0.29, 0.717) is 10.8 Å². The molecule has 0 aliphatic carbocycles. The summed E-state index contributed by atoms with van der Waals surface area (Å²) in [4.78, 5) is 17.5. The molecule has 16 heavy (non-hydrogen) atoms. The number of hydrogen-bond donors (Lipinski definition) is 3. The number of phenols is 1. The zero-order chi connectivity index (χ0) is 11.8. The van der Waals surface area contributed by atoms with Gasteiger partial charge in [-0.05, 0) is 12.1 Å². The Morgan fingerprint density at radius 1 is 1.00 bits per heavy atom. The third-order valence-electron chi connectivity index (χ3n) is 2.08. The first-order valence-electron chi connectivity index (χ1n) is 4.43. The second-order valence-corrected chi connectivity index (χ2v) is 4.37. The Morgan fingerprint density at radius 3 is 2.31 bits per heavy atom. The molecule has 0 aromatic heterocycles. The molecule has 0 fully saturated rings. The van der Waals surface area contributed by atoms with Crippen molar-refractivity contribution < 1.29 is 24.0 Å². The molecule has 2 rings (SSSR count). The van der Waals surface area contributed by atoms with E-state index in [1.165, 1.54) is 12.1 Å². The fraction of sp³-hybridized carbons (Fsp3) is 0. The standard InChI is InChI=1S/C10H9O5P/c11-9-5-1-4-8-7(9)3-2-6-10(8)15-16(12,13)14/h1-6,11H,(H2,12,13,14). The van der Waals surface area contributed by atoms with E-state index in [0.717, 1.165) is 0 Å². The third-order valence-corrected chi connectivity index (χ3v) is 2.51. The van der Waals surface area contributed by atoms with Gasteiger partial charge < -0.3 is 9.63 Å². The zero-order valence-corrected chi connectivity index (χ0v) is 8.96. The molecule has 3 N–H and O–H groups in total. The van der Waals surface area contributed by atoms with Crippen LogP contribution in [0.1, 0.15) is 0 Å². The normalized spacial score (nSPS) is 11.6. The number of phosphoric ester groups is 1. The number of phosphoric acid groups is 1. The summed E-state index contributed by atoms with van der Waals surface area (Å²) in [6, 6.07) is 9.29. The first kappa shape index (κ1) is 11.0. The molecule has 0 saturated heterocycles. The predicted molar refractivity (Wildman–Crippen MR) is 58.3 cm³/mol. The van der Waals surface area contributed by atoms with Crippen molar-refractivity contribution in [2.45, 2.75) is 0 Å². The van der Waals surface area contributed by atoms with Gasteiger partial charge in [0, 0.05) is 10.8 Å². The third kappa shape index (κ3) is 2.17. The Labute approximate surface area is 91.2 Å². The van der Waals surface area contributed by atoms with Crippen LogP contribution >= 0.6 is 7.82 Å². The van der Waals surface area contributed by atoms with Gasteiger partial charge in [-0.3, -0.25) is 9.79 Å².